The number of halogens is 1. The molecular weight excluding hydrogens is 373 g/mol. The van der Waals surface area contributed by atoms with Gasteiger partial charge in [-0.15, -0.1) is 0 Å². The van der Waals surface area contributed by atoms with Gasteiger partial charge < -0.3 is 9.88 Å². The maximum absolute atomic E-state index is 14.8. The normalized spacial score (nSPS) is 22.9. The molecule has 7 heteroatoms. The second kappa shape index (κ2) is 6.69. The van der Waals surface area contributed by atoms with Crippen LogP contribution in [0.15, 0.2) is 48.5 Å². The Kier molecular flexibility index (Phi) is 4.12. The standard InChI is InChI=1S/C22H20FN3O3/c23-19-8-4-7-16-17-11-15(26(28)29)9-13-10-20(25(21(13)17)12-18(16)19)22(27)24-14-5-2-1-3-6-14/h1-3,5-6,9-11,16,18-19H,4,7-8,12H2,(H,24,27)/t16?,18?,19-/m0/s1. The molecule has 1 aliphatic heterocycles. The number of nitrogens with zero attached hydrogens (tertiary/aromatic N) is 2. The van der Waals surface area contributed by atoms with Gasteiger partial charge in [-0.25, -0.2) is 4.39 Å². The topological polar surface area (TPSA) is 77.2 Å². The van der Waals surface area contributed by atoms with Gasteiger partial charge in [-0.2, -0.15) is 0 Å². The van der Waals surface area contributed by atoms with Crippen molar-refractivity contribution in [2.75, 3.05) is 5.32 Å². The third-order valence-corrected chi connectivity index (χ3v) is 6.25. The number of nitro benzene ring substituents is 1. The zero-order valence-electron chi connectivity index (χ0n) is 15.7. The van der Waals surface area contributed by atoms with Crippen LogP contribution in [0.5, 0.6) is 0 Å². The summed E-state index contributed by atoms with van der Waals surface area (Å²) in [5.74, 6) is -0.614. The molecule has 0 bridgehead atoms. The Morgan fingerprint density at radius 1 is 1.17 bits per heavy atom. The zero-order chi connectivity index (χ0) is 20.1. The molecule has 2 aliphatic rings. The summed E-state index contributed by atoms with van der Waals surface area (Å²) in [6.07, 6.45) is 1.12. The molecule has 1 N–H and O–H groups in total. The fourth-order valence-electron chi connectivity index (χ4n) is 4.97. The molecule has 2 aromatic carbocycles. The second-order valence-electron chi connectivity index (χ2n) is 7.91. The van der Waals surface area contributed by atoms with Crippen LogP contribution < -0.4 is 5.32 Å². The molecule has 1 fully saturated rings. The largest absolute Gasteiger partial charge is 0.336 e. The molecule has 2 heterocycles. The summed E-state index contributed by atoms with van der Waals surface area (Å²) in [5, 5.41) is 15.0. The van der Waals surface area contributed by atoms with Crippen LogP contribution in [0, 0.1) is 16.0 Å². The van der Waals surface area contributed by atoms with Gasteiger partial charge >= 0.3 is 0 Å². The Morgan fingerprint density at radius 2 is 1.97 bits per heavy atom. The Bertz CT molecular complexity index is 1130. The molecule has 1 saturated carbocycles. The number of alkyl halides is 1. The lowest BCUT2D eigenvalue weighted by atomic mass is 9.72. The second-order valence-corrected chi connectivity index (χ2v) is 7.91. The van der Waals surface area contributed by atoms with Crippen molar-refractivity contribution >= 4 is 28.2 Å². The van der Waals surface area contributed by atoms with Crippen molar-refractivity contribution in [2.24, 2.45) is 5.92 Å². The Labute approximate surface area is 166 Å². The number of nitrogens with one attached hydrogen (secondary N) is 1. The molecular formula is C22H20FN3O3. The fraction of sp³-hybridized carbons (Fsp3) is 0.318. The number of benzene rings is 2. The molecule has 0 spiro atoms. The number of carbonyl (C=O) groups is 1. The van der Waals surface area contributed by atoms with Gasteiger partial charge in [-0.1, -0.05) is 18.2 Å². The highest BCUT2D eigenvalue weighted by Gasteiger charge is 2.41. The summed E-state index contributed by atoms with van der Waals surface area (Å²) in [7, 11) is 0. The van der Waals surface area contributed by atoms with E-state index in [0.717, 1.165) is 23.9 Å². The van der Waals surface area contributed by atoms with Crippen LogP contribution in [0.4, 0.5) is 15.8 Å². The number of anilines is 1. The molecule has 1 amide bonds. The van der Waals surface area contributed by atoms with Crippen molar-refractivity contribution in [3.63, 3.8) is 0 Å². The van der Waals surface area contributed by atoms with Gasteiger partial charge in [0.1, 0.15) is 11.9 Å². The number of amides is 1. The molecule has 3 atom stereocenters. The average molecular weight is 393 g/mol. The molecule has 6 nitrogen and oxygen atoms in total. The monoisotopic (exact) mass is 393 g/mol. The van der Waals surface area contributed by atoms with Crippen molar-refractivity contribution in [2.45, 2.75) is 37.9 Å². The summed E-state index contributed by atoms with van der Waals surface area (Å²) in [4.78, 5) is 24.0. The predicted octanol–water partition coefficient (Wildman–Crippen LogP) is 5.04. The van der Waals surface area contributed by atoms with Crippen molar-refractivity contribution < 1.29 is 14.1 Å². The number of nitro groups is 1. The molecule has 3 aromatic rings. The van der Waals surface area contributed by atoms with Gasteiger partial charge in [0.15, 0.2) is 0 Å². The van der Waals surface area contributed by atoms with Gasteiger partial charge in [0.25, 0.3) is 11.6 Å². The molecule has 1 aliphatic carbocycles. The third kappa shape index (κ3) is 2.88. The van der Waals surface area contributed by atoms with Gasteiger partial charge in [-0.3, -0.25) is 14.9 Å². The summed E-state index contributed by atoms with van der Waals surface area (Å²) in [5.41, 5.74) is 2.68. The van der Waals surface area contributed by atoms with E-state index in [-0.39, 0.29) is 23.4 Å². The maximum Gasteiger partial charge on any atom is 0.272 e. The van der Waals surface area contributed by atoms with E-state index in [0.29, 0.717) is 29.7 Å². The Morgan fingerprint density at radius 3 is 2.72 bits per heavy atom. The highest BCUT2D eigenvalue weighted by molar-refractivity contribution is 6.07. The molecule has 1 aromatic heterocycles. The molecule has 29 heavy (non-hydrogen) atoms. The first-order chi connectivity index (χ1) is 14.0. The average Bonchev–Trinajstić information content (AvgIpc) is 3.09. The molecule has 0 saturated heterocycles. The van der Waals surface area contributed by atoms with Gasteiger partial charge in [0, 0.05) is 35.7 Å². The third-order valence-electron chi connectivity index (χ3n) is 6.25. The predicted molar refractivity (Wildman–Crippen MR) is 108 cm³/mol. The lowest BCUT2D eigenvalue weighted by Gasteiger charge is -2.39. The lowest BCUT2D eigenvalue weighted by molar-refractivity contribution is -0.384. The highest BCUT2D eigenvalue weighted by atomic mass is 19.1. The van der Waals surface area contributed by atoms with Crippen LogP contribution in [0.25, 0.3) is 10.9 Å². The zero-order valence-corrected chi connectivity index (χ0v) is 15.7. The quantitative estimate of drug-likeness (QED) is 0.500. The summed E-state index contributed by atoms with van der Waals surface area (Å²) in [6.45, 7) is 0.414. The first kappa shape index (κ1) is 17.8. The van der Waals surface area contributed by atoms with Gasteiger partial charge in [-0.05, 0) is 48.9 Å². The first-order valence-electron chi connectivity index (χ1n) is 9.85. The van der Waals surface area contributed by atoms with Crippen LogP contribution in [0.3, 0.4) is 0 Å². The first-order valence-corrected chi connectivity index (χ1v) is 9.85. The van der Waals surface area contributed by atoms with Crippen molar-refractivity contribution in [1.82, 2.24) is 4.57 Å². The van der Waals surface area contributed by atoms with Crippen molar-refractivity contribution in [1.29, 1.82) is 0 Å². The van der Waals surface area contributed by atoms with E-state index in [4.69, 9.17) is 0 Å². The number of hydrogen-bond donors (Lipinski definition) is 1. The maximum atomic E-state index is 14.8. The Balaban J connectivity index is 1.66. The molecule has 2 unspecified atom stereocenters. The van der Waals surface area contributed by atoms with Crippen LogP contribution >= 0.6 is 0 Å². The van der Waals surface area contributed by atoms with E-state index in [1.807, 2.05) is 22.8 Å². The Hall–Kier alpha value is -3.22. The summed E-state index contributed by atoms with van der Waals surface area (Å²) >= 11 is 0. The number of carbonyl (C=O) groups excluding carboxylic acids is 1. The van der Waals surface area contributed by atoms with Crippen LogP contribution in [-0.2, 0) is 6.54 Å². The number of rotatable bonds is 3. The molecule has 5 rings (SSSR count). The van der Waals surface area contributed by atoms with Crippen LogP contribution in [0.1, 0.15) is 41.2 Å². The number of non-ortho nitro benzene ring substituents is 1. The van der Waals surface area contributed by atoms with E-state index in [1.165, 1.54) is 6.07 Å². The number of aromatic nitrogens is 1. The summed E-state index contributed by atoms with van der Waals surface area (Å²) < 4.78 is 16.6. The molecule has 148 valence electrons. The SMILES string of the molecule is O=C(Nc1ccccc1)c1cc2cc([N+](=O)[O-])cc3c2n1CC1C3CCC[C@@H]1F. The fourth-order valence-corrected chi connectivity index (χ4v) is 4.97. The van der Waals surface area contributed by atoms with E-state index >= 15 is 0 Å². The van der Waals surface area contributed by atoms with Crippen molar-refractivity contribution in [3.05, 3.63) is 69.9 Å². The van der Waals surface area contributed by atoms with Gasteiger partial charge in [0.05, 0.1) is 10.4 Å². The summed E-state index contributed by atoms with van der Waals surface area (Å²) in [6, 6.07) is 13.9. The number of hydrogen-bond acceptors (Lipinski definition) is 3. The van der Waals surface area contributed by atoms with E-state index in [9.17, 15) is 19.3 Å². The number of para-hydroxylation sites is 1. The van der Waals surface area contributed by atoms with E-state index in [1.54, 1.807) is 24.3 Å². The van der Waals surface area contributed by atoms with Crippen LogP contribution in [-0.4, -0.2) is 21.6 Å². The smallest absolute Gasteiger partial charge is 0.272 e. The van der Waals surface area contributed by atoms with Crippen molar-refractivity contribution in [3.8, 4) is 0 Å². The highest BCUT2D eigenvalue weighted by Crippen LogP contribution is 2.48. The van der Waals surface area contributed by atoms with Gasteiger partial charge in [0.2, 0.25) is 0 Å². The number of fused-ring (bicyclic) bond motifs is 2. The minimum atomic E-state index is -0.969. The lowest BCUT2D eigenvalue weighted by Crippen LogP contribution is -2.36. The van der Waals surface area contributed by atoms with E-state index < -0.39 is 11.1 Å². The minimum Gasteiger partial charge on any atom is -0.336 e. The molecule has 0 radical (unpaired) electrons. The van der Waals surface area contributed by atoms with E-state index in [2.05, 4.69) is 5.32 Å². The minimum absolute atomic E-state index is 0.0127. The van der Waals surface area contributed by atoms with Crippen LogP contribution in [0.2, 0.25) is 0 Å².